The summed E-state index contributed by atoms with van der Waals surface area (Å²) >= 11 is 0. The molecule has 0 saturated heterocycles. The number of nitrogens with zero attached hydrogens (tertiary/aromatic N) is 1. The van der Waals surface area contributed by atoms with Crippen LogP contribution in [0.25, 0.3) is 5.70 Å². The molecule has 0 radical (unpaired) electrons. The quantitative estimate of drug-likeness (QED) is 0.696. The van der Waals surface area contributed by atoms with Crippen molar-refractivity contribution in [1.29, 1.82) is 0 Å². The summed E-state index contributed by atoms with van der Waals surface area (Å²) in [6.45, 7) is 8.14. The van der Waals surface area contributed by atoms with Crippen molar-refractivity contribution in [3.8, 4) is 0 Å². The van der Waals surface area contributed by atoms with Crippen LogP contribution in [0.3, 0.4) is 0 Å². The van der Waals surface area contributed by atoms with Gasteiger partial charge in [0.15, 0.2) is 0 Å². The fourth-order valence-electron chi connectivity index (χ4n) is 0.894. The maximum Gasteiger partial charge on any atom is 0.0377 e. The predicted octanol–water partition coefficient (Wildman–Crippen LogP) is 2.03. The molecule has 13 heavy (non-hydrogen) atoms. The lowest BCUT2D eigenvalue weighted by Gasteiger charge is -2.00. The molecule has 0 fully saturated rings. The molecule has 0 aliphatic heterocycles. The Balaban J connectivity index is 2.61. The minimum Gasteiger partial charge on any atom is -0.327 e. The van der Waals surface area contributed by atoms with E-state index in [9.17, 15) is 0 Å². The molecule has 2 nitrogen and oxygen atoms in total. The second-order valence-corrected chi connectivity index (χ2v) is 2.78. The highest BCUT2D eigenvalue weighted by Crippen LogP contribution is 2.04. The van der Waals surface area contributed by atoms with E-state index in [2.05, 4.69) is 13.2 Å². The lowest BCUT2D eigenvalue weighted by Crippen LogP contribution is -1.99. The van der Waals surface area contributed by atoms with Gasteiger partial charge < -0.3 is 10.3 Å². The van der Waals surface area contributed by atoms with Gasteiger partial charge in [-0.15, -0.1) is 0 Å². The fraction of sp³-hybridized carbons (Fsp3) is 0.0909. The molecule has 1 aromatic rings. The van der Waals surface area contributed by atoms with Crippen molar-refractivity contribution in [1.82, 2.24) is 4.57 Å². The maximum atomic E-state index is 5.39. The lowest BCUT2D eigenvalue weighted by atomic mass is 10.2. The maximum absolute atomic E-state index is 5.39. The summed E-state index contributed by atoms with van der Waals surface area (Å²) < 4.78 is 1.93. The molecule has 0 atom stereocenters. The van der Waals surface area contributed by atoms with Crippen LogP contribution in [0.15, 0.2) is 55.4 Å². The smallest absolute Gasteiger partial charge is 0.0377 e. The fourth-order valence-corrected chi connectivity index (χ4v) is 0.894. The normalized spacial score (nSPS) is 10.5. The standard InChI is InChI=1S/C11H14N2/c1-10(9-12)5-6-11(2)13-7-3-4-8-13/h3-8H,1-2,9,12H2/b6-5-. The molecule has 1 rings (SSSR count). The van der Waals surface area contributed by atoms with E-state index in [1.54, 1.807) is 0 Å². The van der Waals surface area contributed by atoms with Crippen molar-refractivity contribution < 1.29 is 0 Å². The third kappa shape index (κ3) is 2.76. The van der Waals surface area contributed by atoms with E-state index >= 15 is 0 Å². The van der Waals surface area contributed by atoms with Gasteiger partial charge in [0, 0.05) is 24.6 Å². The zero-order chi connectivity index (χ0) is 9.68. The van der Waals surface area contributed by atoms with Crippen LogP contribution < -0.4 is 5.73 Å². The van der Waals surface area contributed by atoms with Crippen LogP contribution in [0.1, 0.15) is 0 Å². The predicted molar refractivity (Wildman–Crippen MR) is 57.1 cm³/mol. The molecule has 2 heteroatoms. The highest BCUT2D eigenvalue weighted by molar-refractivity contribution is 5.55. The van der Waals surface area contributed by atoms with E-state index in [0.29, 0.717) is 6.54 Å². The van der Waals surface area contributed by atoms with Crippen LogP contribution in [-0.4, -0.2) is 11.1 Å². The van der Waals surface area contributed by atoms with Crippen LogP contribution in [0.5, 0.6) is 0 Å². The Kier molecular flexibility index (Phi) is 3.29. The molecule has 0 saturated carbocycles. The van der Waals surface area contributed by atoms with Gasteiger partial charge in [0.1, 0.15) is 0 Å². The third-order valence-corrected chi connectivity index (χ3v) is 1.71. The summed E-state index contributed by atoms with van der Waals surface area (Å²) in [5.41, 5.74) is 7.19. The first kappa shape index (κ1) is 9.55. The van der Waals surface area contributed by atoms with E-state index in [1.165, 1.54) is 0 Å². The molecule has 1 aromatic heterocycles. The first-order valence-corrected chi connectivity index (χ1v) is 4.12. The highest BCUT2D eigenvalue weighted by Gasteiger charge is 1.89. The monoisotopic (exact) mass is 174 g/mol. The third-order valence-electron chi connectivity index (χ3n) is 1.71. The lowest BCUT2D eigenvalue weighted by molar-refractivity contribution is 1.13. The minimum absolute atomic E-state index is 0.482. The van der Waals surface area contributed by atoms with Gasteiger partial charge in [0.25, 0.3) is 0 Å². The summed E-state index contributed by atoms with van der Waals surface area (Å²) in [5, 5.41) is 0. The molecule has 0 aliphatic carbocycles. The molecule has 0 aliphatic rings. The molecule has 0 bridgehead atoms. The van der Waals surface area contributed by atoms with Crippen LogP contribution in [0.4, 0.5) is 0 Å². The Labute approximate surface area is 78.7 Å². The van der Waals surface area contributed by atoms with Gasteiger partial charge in [-0.05, 0) is 23.8 Å². The summed E-state index contributed by atoms with van der Waals surface area (Å²) in [7, 11) is 0. The number of allylic oxidation sites excluding steroid dienone is 2. The molecule has 0 spiro atoms. The summed E-state index contributed by atoms with van der Waals surface area (Å²) in [5.74, 6) is 0. The molecular weight excluding hydrogens is 160 g/mol. The number of nitrogens with two attached hydrogens (primary N) is 1. The molecule has 1 heterocycles. The average molecular weight is 174 g/mol. The van der Waals surface area contributed by atoms with E-state index in [0.717, 1.165) is 11.3 Å². The molecule has 0 amide bonds. The number of hydrogen-bond donors (Lipinski definition) is 1. The zero-order valence-electron chi connectivity index (χ0n) is 7.61. The van der Waals surface area contributed by atoms with Crippen molar-refractivity contribution in [2.24, 2.45) is 5.73 Å². The second kappa shape index (κ2) is 4.48. The summed E-state index contributed by atoms with van der Waals surface area (Å²) in [6.07, 6.45) is 7.66. The van der Waals surface area contributed by atoms with Crippen LogP contribution in [-0.2, 0) is 0 Å². The Morgan fingerprint density at radius 2 is 1.85 bits per heavy atom. The number of hydrogen-bond acceptors (Lipinski definition) is 1. The van der Waals surface area contributed by atoms with Crippen molar-refractivity contribution >= 4 is 5.70 Å². The van der Waals surface area contributed by atoms with E-state index in [1.807, 2.05) is 41.2 Å². The molecule has 0 aromatic carbocycles. The van der Waals surface area contributed by atoms with Crippen LogP contribution in [0, 0.1) is 0 Å². The Bertz CT molecular complexity index is 318. The van der Waals surface area contributed by atoms with E-state index in [4.69, 9.17) is 5.73 Å². The Morgan fingerprint density at radius 3 is 2.38 bits per heavy atom. The first-order valence-electron chi connectivity index (χ1n) is 4.12. The highest BCUT2D eigenvalue weighted by atomic mass is 14.9. The van der Waals surface area contributed by atoms with Gasteiger partial charge in [-0.1, -0.05) is 19.2 Å². The van der Waals surface area contributed by atoms with E-state index < -0.39 is 0 Å². The molecule has 68 valence electrons. The van der Waals surface area contributed by atoms with E-state index in [-0.39, 0.29) is 0 Å². The van der Waals surface area contributed by atoms with Crippen molar-refractivity contribution in [3.63, 3.8) is 0 Å². The van der Waals surface area contributed by atoms with Crippen LogP contribution >= 0.6 is 0 Å². The zero-order valence-corrected chi connectivity index (χ0v) is 7.61. The van der Waals surface area contributed by atoms with Crippen molar-refractivity contribution in [2.75, 3.05) is 6.54 Å². The Hall–Kier alpha value is -1.54. The minimum atomic E-state index is 0.482. The van der Waals surface area contributed by atoms with Crippen molar-refractivity contribution in [2.45, 2.75) is 0 Å². The average Bonchev–Trinajstić information content (AvgIpc) is 2.66. The van der Waals surface area contributed by atoms with Gasteiger partial charge in [0.2, 0.25) is 0 Å². The number of aromatic nitrogens is 1. The van der Waals surface area contributed by atoms with Gasteiger partial charge in [-0.25, -0.2) is 0 Å². The second-order valence-electron chi connectivity index (χ2n) is 2.78. The van der Waals surface area contributed by atoms with Crippen molar-refractivity contribution in [3.05, 3.63) is 55.4 Å². The van der Waals surface area contributed by atoms with Gasteiger partial charge in [0.05, 0.1) is 0 Å². The molecular formula is C11H14N2. The van der Waals surface area contributed by atoms with Gasteiger partial charge in [-0.3, -0.25) is 0 Å². The largest absolute Gasteiger partial charge is 0.327 e. The van der Waals surface area contributed by atoms with Crippen LogP contribution in [0.2, 0.25) is 0 Å². The first-order chi connectivity index (χ1) is 6.24. The van der Waals surface area contributed by atoms with Gasteiger partial charge in [-0.2, -0.15) is 0 Å². The summed E-state index contributed by atoms with van der Waals surface area (Å²) in [6, 6.07) is 3.91. The molecule has 2 N–H and O–H groups in total. The Morgan fingerprint density at radius 1 is 1.23 bits per heavy atom. The molecule has 0 unspecified atom stereocenters. The topological polar surface area (TPSA) is 30.9 Å². The SMILES string of the molecule is C=C(/C=C\C(=C)n1cccc1)CN. The summed E-state index contributed by atoms with van der Waals surface area (Å²) in [4.78, 5) is 0. The van der Waals surface area contributed by atoms with Gasteiger partial charge >= 0.3 is 0 Å². The number of rotatable bonds is 4.